The minimum Gasteiger partial charge on any atom is -0.343 e. The predicted molar refractivity (Wildman–Crippen MR) is 63.8 cm³/mol. The quantitative estimate of drug-likeness (QED) is 0.781. The van der Waals surface area contributed by atoms with Gasteiger partial charge in [0.05, 0.1) is 0 Å². The van der Waals surface area contributed by atoms with Crippen molar-refractivity contribution in [3.63, 3.8) is 0 Å². The van der Waals surface area contributed by atoms with Crippen LogP contribution in [0.2, 0.25) is 0 Å². The molecule has 0 aliphatic carbocycles. The Bertz CT molecular complexity index is 445. The number of nitrogens with two attached hydrogens (primary N) is 2. The molecule has 0 saturated heterocycles. The normalized spacial score (nSPS) is 11.1. The Morgan fingerprint density at radius 3 is 2.60 bits per heavy atom. The Hall–Kier alpha value is -1.32. The third-order valence-corrected chi connectivity index (χ3v) is 2.65. The van der Waals surface area contributed by atoms with Crippen molar-refractivity contribution in [2.75, 3.05) is 13.1 Å². The standard InChI is InChI=1S/C12H17N3/c13-6-5-11-9-10-3-1-2-4-12(10)15(11)8-7-14/h1-4,9H,5-8,13-14H2. The molecule has 1 heterocycles. The first-order valence-electron chi connectivity index (χ1n) is 5.34. The molecule has 2 aromatic rings. The van der Waals surface area contributed by atoms with Crippen LogP contribution in [-0.2, 0) is 13.0 Å². The molecule has 2 rings (SSSR count). The lowest BCUT2D eigenvalue weighted by Gasteiger charge is -2.08. The molecule has 0 fully saturated rings. The molecule has 3 nitrogen and oxygen atoms in total. The molecule has 80 valence electrons. The molecule has 0 bridgehead atoms. The van der Waals surface area contributed by atoms with Gasteiger partial charge in [0.25, 0.3) is 0 Å². The van der Waals surface area contributed by atoms with Gasteiger partial charge in [0.2, 0.25) is 0 Å². The van der Waals surface area contributed by atoms with Gasteiger partial charge in [-0.2, -0.15) is 0 Å². The van der Waals surface area contributed by atoms with Crippen LogP contribution in [0.25, 0.3) is 10.9 Å². The first-order valence-corrected chi connectivity index (χ1v) is 5.34. The van der Waals surface area contributed by atoms with Crippen molar-refractivity contribution in [2.45, 2.75) is 13.0 Å². The Balaban J connectivity index is 2.53. The summed E-state index contributed by atoms with van der Waals surface area (Å²) in [5.41, 5.74) is 13.8. The van der Waals surface area contributed by atoms with E-state index in [9.17, 15) is 0 Å². The molecule has 0 atom stereocenters. The fraction of sp³-hybridized carbons (Fsp3) is 0.333. The van der Waals surface area contributed by atoms with Gasteiger partial charge < -0.3 is 16.0 Å². The van der Waals surface area contributed by atoms with Gasteiger partial charge in [-0.1, -0.05) is 18.2 Å². The monoisotopic (exact) mass is 203 g/mol. The van der Waals surface area contributed by atoms with Gasteiger partial charge in [-0.3, -0.25) is 0 Å². The number of fused-ring (bicyclic) bond motifs is 1. The van der Waals surface area contributed by atoms with Crippen LogP contribution in [0, 0.1) is 0 Å². The zero-order chi connectivity index (χ0) is 10.7. The number of benzene rings is 1. The molecule has 0 radical (unpaired) electrons. The van der Waals surface area contributed by atoms with Gasteiger partial charge in [0, 0.05) is 24.3 Å². The van der Waals surface area contributed by atoms with Gasteiger partial charge in [0.15, 0.2) is 0 Å². The largest absolute Gasteiger partial charge is 0.343 e. The van der Waals surface area contributed by atoms with Crippen molar-refractivity contribution in [3.8, 4) is 0 Å². The summed E-state index contributed by atoms with van der Waals surface area (Å²) in [5, 5.41) is 1.27. The molecule has 4 N–H and O–H groups in total. The van der Waals surface area contributed by atoms with Gasteiger partial charge in [0.1, 0.15) is 0 Å². The van der Waals surface area contributed by atoms with Gasteiger partial charge in [-0.15, -0.1) is 0 Å². The zero-order valence-corrected chi connectivity index (χ0v) is 8.82. The lowest BCUT2D eigenvalue weighted by atomic mass is 10.2. The van der Waals surface area contributed by atoms with E-state index in [0.717, 1.165) is 13.0 Å². The van der Waals surface area contributed by atoms with Crippen LogP contribution < -0.4 is 11.5 Å². The lowest BCUT2D eigenvalue weighted by Crippen LogP contribution is -2.14. The molecule has 0 aliphatic rings. The first kappa shape index (κ1) is 10.2. The maximum atomic E-state index is 5.62. The third-order valence-electron chi connectivity index (χ3n) is 2.65. The molecule has 15 heavy (non-hydrogen) atoms. The van der Waals surface area contributed by atoms with Crippen LogP contribution in [0.4, 0.5) is 0 Å². The second-order valence-electron chi connectivity index (χ2n) is 3.67. The van der Waals surface area contributed by atoms with Gasteiger partial charge >= 0.3 is 0 Å². The van der Waals surface area contributed by atoms with Crippen LogP contribution >= 0.6 is 0 Å². The van der Waals surface area contributed by atoms with Gasteiger partial charge in [-0.25, -0.2) is 0 Å². The van der Waals surface area contributed by atoms with Gasteiger partial charge in [-0.05, 0) is 30.5 Å². The summed E-state index contributed by atoms with van der Waals surface area (Å²) in [6.07, 6.45) is 0.911. The molecule has 0 unspecified atom stereocenters. The Labute approximate surface area is 89.7 Å². The van der Waals surface area contributed by atoms with E-state index in [1.807, 2.05) is 0 Å². The number of aromatic nitrogens is 1. The second kappa shape index (κ2) is 4.47. The van der Waals surface area contributed by atoms with E-state index in [1.54, 1.807) is 0 Å². The Kier molecular flexibility index (Phi) is 3.04. The lowest BCUT2D eigenvalue weighted by molar-refractivity contribution is 0.691. The minimum absolute atomic E-state index is 0.663. The van der Waals surface area contributed by atoms with Crippen LogP contribution in [0.5, 0.6) is 0 Å². The highest BCUT2D eigenvalue weighted by molar-refractivity contribution is 5.81. The average molecular weight is 203 g/mol. The highest BCUT2D eigenvalue weighted by atomic mass is 15.0. The molecule has 1 aromatic carbocycles. The zero-order valence-electron chi connectivity index (χ0n) is 8.82. The van der Waals surface area contributed by atoms with E-state index in [1.165, 1.54) is 16.6 Å². The highest BCUT2D eigenvalue weighted by Crippen LogP contribution is 2.19. The van der Waals surface area contributed by atoms with E-state index in [-0.39, 0.29) is 0 Å². The number of para-hydroxylation sites is 1. The molecular weight excluding hydrogens is 186 g/mol. The van der Waals surface area contributed by atoms with Crippen LogP contribution in [0.15, 0.2) is 30.3 Å². The fourth-order valence-electron chi connectivity index (χ4n) is 2.02. The van der Waals surface area contributed by atoms with Crippen molar-refractivity contribution < 1.29 is 0 Å². The van der Waals surface area contributed by atoms with E-state index in [0.29, 0.717) is 13.1 Å². The van der Waals surface area contributed by atoms with Crippen molar-refractivity contribution in [2.24, 2.45) is 11.5 Å². The van der Waals surface area contributed by atoms with Crippen LogP contribution in [0.3, 0.4) is 0 Å². The van der Waals surface area contributed by atoms with E-state index < -0.39 is 0 Å². The molecule has 0 aliphatic heterocycles. The highest BCUT2D eigenvalue weighted by Gasteiger charge is 2.06. The Morgan fingerprint density at radius 1 is 1.07 bits per heavy atom. The molecular formula is C12H17N3. The van der Waals surface area contributed by atoms with E-state index in [2.05, 4.69) is 34.9 Å². The summed E-state index contributed by atoms with van der Waals surface area (Å²) in [6.45, 7) is 2.21. The van der Waals surface area contributed by atoms with Crippen molar-refractivity contribution in [3.05, 3.63) is 36.0 Å². The van der Waals surface area contributed by atoms with Crippen molar-refractivity contribution >= 4 is 10.9 Å². The topological polar surface area (TPSA) is 57.0 Å². The summed E-state index contributed by atoms with van der Waals surface area (Å²) in [5.74, 6) is 0. The summed E-state index contributed by atoms with van der Waals surface area (Å²) in [4.78, 5) is 0. The molecule has 0 saturated carbocycles. The third kappa shape index (κ3) is 1.89. The summed E-state index contributed by atoms with van der Waals surface area (Å²) in [7, 11) is 0. The number of hydrogen-bond acceptors (Lipinski definition) is 2. The molecule has 0 amide bonds. The maximum absolute atomic E-state index is 5.62. The number of rotatable bonds is 4. The minimum atomic E-state index is 0.663. The predicted octanol–water partition coefficient (Wildman–Crippen LogP) is 1.10. The summed E-state index contributed by atoms with van der Waals surface area (Å²) in [6, 6.07) is 10.6. The SMILES string of the molecule is NCCc1cc2ccccc2n1CCN. The smallest absolute Gasteiger partial charge is 0.0482 e. The average Bonchev–Trinajstić information content (AvgIpc) is 2.59. The van der Waals surface area contributed by atoms with E-state index >= 15 is 0 Å². The van der Waals surface area contributed by atoms with Crippen molar-refractivity contribution in [1.29, 1.82) is 0 Å². The second-order valence-corrected chi connectivity index (χ2v) is 3.67. The summed E-state index contributed by atoms with van der Waals surface area (Å²) < 4.78 is 2.27. The Morgan fingerprint density at radius 2 is 1.87 bits per heavy atom. The molecule has 3 heteroatoms. The van der Waals surface area contributed by atoms with Crippen molar-refractivity contribution in [1.82, 2.24) is 4.57 Å². The van der Waals surface area contributed by atoms with E-state index in [4.69, 9.17) is 11.5 Å². The number of nitrogens with zero attached hydrogens (tertiary/aromatic N) is 1. The maximum Gasteiger partial charge on any atom is 0.0482 e. The molecule has 1 aromatic heterocycles. The fourth-order valence-corrected chi connectivity index (χ4v) is 2.02. The van der Waals surface area contributed by atoms with Crippen LogP contribution in [0.1, 0.15) is 5.69 Å². The van der Waals surface area contributed by atoms with Crippen LogP contribution in [-0.4, -0.2) is 17.7 Å². The summed E-state index contributed by atoms with van der Waals surface area (Å²) >= 11 is 0. The first-order chi connectivity index (χ1) is 7.36. The molecule has 0 spiro atoms. The number of hydrogen-bond donors (Lipinski definition) is 2.